The number of rotatable bonds is 10. The van der Waals surface area contributed by atoms with Gasteiger partial charge in [-0.3, -0.25) is 14.3 Å². The smallest absolute Gasteiger partial charge is 0.234 e. The van der Waals surface area contributed by atoms with Crippen LogP contribution in [0.5, 0.6) is 5.75 Å². The molecule has 0 spiro atoms. The third-order valence-corrected chi connectivity index (χ3v) is 6.75. The molecule has 0 aliphatic rings. The highest BCUT2D eigenvalue weighted by molar-refractivity contribution is 8.00. The molecule has 0 aliphatic heterocycles. The number of methoxy groups -OCH3 is 1. The Balaban J connectivity index is 1.56. The minimum absolute atomic E-state index is 0.119. The number of carbonyl (C=O) groups excluding carboxylic acids is 1. The first-order valence-electron chi connectivity index (χ1n) is 10.4. The Labute approximate surface area is 206 Å². The first-order chi connectivity index (χ1) is 16.7. The van der Waals surface area contributed by atoms with Crippen LogP contribution in [0.4, 0.5) is 5.69 Å². The molecule has 1 N–H and O–H groups in total. The normalized spacial score (nSPS) is 10.6. The van der Waals surface area contributed by atoms with Crippen LogP contribution in [-0.2, 0) is 4.79 Å². The summed E-state index contributed by atoms with van der Waals surface area (Å²) in [6, 6.07) is 19.1. The van der Waals surface area contributed by atoms with E-state index in [2.05, 4.69) is 27.1 Å². The minimum Gasteiger partial charge on any atom is -0.497 e. The monoisotopic (exact) mass is 489 g/mol. The van der Waals surface area contributed by atoms with Crippen LogP contribution in [-0.4, -0.2) is 44.3 Å². The van der Waals surface area contributed by atoms with Gasteiger partial charge in [-0.05, 0) is 48.5 Å². The van der Waals surface area contributed by atoms with Crippen LogP contribution in [0.1, 0.15) is 0 Å². The van der Waals surface area contributed by atoms with E-state index in [0.717, 1.165) is 33.3 Å². The van der Waals surface area contributed by atoms with Gasteiger partial charge < -0.3 is 10.1 Å². The standard InChI is InChI=1S/C25H23N5O2S2/c1-3-16-33-22-7-5-4-6-21(22)27-23(31)17-34-25-29-28-24(18-12-14-26-15-13-18)30(25)19-8-10-20(32-2)11-9-19/h3-15H,1,16-17H2,2H3,(H,27,31). The van der Waals surface area contributed by atoms with E-state index in [1.165, 1.54) is 11.8 Å². The molecular formula is C25H23N5O2S2. The number of aromatic nitrogens is 4. The molecule has 0 atom stereocenters. The summed E-state index contributed by atoms with van der Waals surface area (Å²) < 4.78 is 7.22. The van der Waals surface area contributed by atoms with Crippen LogP contribution >= 0.6 is 23.5 Å². The number of ether oxygens (including phenoxy) is 1. The number of thioether (sulfide) groups is 2. The fourth-order valence-corrected chi connectivity index (χ4v) is 4.67. The van der Waals surface area contributed by atoms with E-state index in [1.807, 2.05) is 71.3 Å². The van der Waals surface area contributed by atoms with Gasteiger partial charge in [0.15, 0.2) is 11.0 Å². The molecule has 34 heavy (non-hydrogen) atoms. The fourth-order valence-electron chi connectivity index (χ4n) is 3.18. The molecule has 2 aromatic carbocycles. The molecule has 2 aromatic heterocycles. The first-order valence-corrected chi connectivity index (χ1v) is 12.4. The van der Waals surface area contributed by atoms with E-state index in [-0.39, 0.29) is 11.7 Å². The molecule has 7 nitrogen and oxygen atoms in total. The SMILES string of the molecule is C=CCSc1ccccc1NC(=O)CSc1nnc(-c2ccncc2)n1-c1ccc(OC)cc1. The summed E-state index contributed by atoms with van der Waals surface area (Å²) in [6.07, 6.45) is 5.26. The second-order valence-electron chi connectivity index (χ2n) is 7.01. The molecule has 0 saturated carbocycles. The third-order valence-electron chi connectivity index (χ3n) is 4.75. The van der Waals surface area contributed by atoms with E-state index in [0.29, 0.717) is 11.0 Å². The van der Waals surface area contributed by atoms with Crippen molar-refractivity contribution in [2.75, 3.05) is 23.9 Å². The molecule has 4 rings (SSSR count). The number of nitrogens with zero attached hydrogens (tertiary/aromatic N) is 4. The molecule has 0 saturated heterocycles. The second-order valence-corrected chi connectivity index (χ2v) is 9.01. The summed E-state index contributed by atoms with van der Waals surface area (Å²) in [6.45, 7) is 3.76. The molecule has 0 radical (unpaired) electrons. The van der Waals surface area contributed by atoms with Crippen molar-refractivity contribution in [2.45, 2.75) is 10.1 Å². The van der Waals surface area contributed by atoms with Crippen molar-refractivity contribution in [2.24, 2.45) is 0 Å². The maximum absolute atomic E-state index is 12.8. The largest absolute Gasteiger partial charge is 0.497 e. The number of hydrogen-bond donors (Lipinski definition) is 1. The fraction of sp³-hybridized carbons (Fsp3) is 0.120. The van der Waals surface area contributed by atoms with Crippen LogP contribution in [0.25, 0.3) is 17.1 Å². The van der Waals surface area contributed by atoms with E-state index < -0.39 is 0 Å². The zero-order chi connectivity index (χ0) is 23.8. The van der Waals surface area contributed by atoms with Crippen LogP contribution < -0.4 is 10.1 Å². The Kier molecular flexibility index (Phi) is 8.00. The quantitative estimate of drug-likeness (QED) is 0.238. The van der Waals surface area contributed by atoms with Gasteiger partial charge in [-0.1, -0.05) is 30.0 Å². The molecule has 1 amide bonds. The summed E-state index contributed by atoms with van der Waals surface area (Å²) in [5.74, 6) is 2.26. The molecular weight excluding hydrogens is 466 g/mol. The molecule has 0 bridgehead atoms. The van der Waals surface area contributed by atoms with Crippen molar-refractivity contribution in [3.8, 4) is 22.8 Å². The summed E-state index contributed by atoms with van der Waals surface area (Å²) in [7, 11) is 1.63. The molecule has 4 aromatic rings. The number of hydrogen-bond acceptors (Lipinski definition) is 7. The molecule has 0 fully saturated rings. The van der Waals surface area contributed by atoms with E-state index in [4.69, 9.17) is 4.74 Å². The van der Waals surface area contributed by atoms with Gasteiger partial charge in [0, 0.05) is 34.3 Å². The Morgan fingerprint density at radius 1 is 1.06 bits per heavy atom. The molecule has 172 valence electrons. The average Bonchev–Trinajstić information content (AvgIpc) is 3.31. The topological polar surface area (TPSA) is 81.9 Å². The highest BCUT2D eigenvalue weighted by Crippen LogP contribution is 2.30. The Hall–Kier alpha value is -3.56. The van der Waals surface area contributed by atoms with Gasteiger partial charge in [-0.2, -0.15) is 0 Å². The lowest BCUT2D eigenvalue weighted by Gasteiger charge is -2.12. The Morgan fingerprint density at radius 3 is 2.56 bits per heavy atom. The van der Waals surface area contributed by atoms with E-state index in [9.17, 15) is 4.79 Å². The number of nitrogens with one attached hydrogen (secondary N) is 1. The maximum atomic E-state index is 12.8. The van der Waals surface area contributed by atoms with Gasteiger partial charge in [0.05, 0.1) is 18.6 Å². The number of anilines is 1. The lowest BCUT2D eigenvalue weighted by molar-refractivity contribution is -0.113. The number of benzene rings is 2. The predicted molar refractivity (Wildman–Crippen MR) is 138 cm³/mol. The molecule has 9 heteroatoms. The van der Waals surface area contributed by atoms with Crippen LogP contribution in [0.3, 0.4) is 0 Å². The summed E-state index contributed by atoms with van der Waals surface area (Å²) >= 11 is 2.95. The third kappa shape index (κ3) is 5.67. The molecule has 0 unspecified atom stereocenters. The van der Waals surface area contributed by atoms with Gasteiger partial charge in [-0.15, -0.1) is 28.5 Å². The van der Waals surface area contributed by atoms with E-state index >= 15 is 0 Å². The van der Waals surface area contributed by atoms with Crippen molar-refractivity contribution in [3.05, 3.63) is 85.7 Å². The highest BCUT2D eigenvalue weighted by atomic mass is 32.2. The number of amides is 1. The maximum Gasteiger partial charge on any atom is 0.234 e. The van der Waals surface area contributed by atoms with Gasteiger partial charge in [0.2, 0.25) is 5.91 Å². The summed E-state index contributed by atoms with van der Waals surface area (Å²) in [5.41, 5.74) is 2.53. The van der Waals surface area contributed by atoms with E-state index in [1.54, 1.807) is 31.3 Å². The zero-order valence-corrected chi connectivity index (χ0v) is 20.2. The van der Waals surface area contributed by atoms with Crippen LogP contribution in [0.2, 0.25) is 0 Å². The van der Waals surface area contributed by atoms with Gasteiger partial charge >= 0.3 is 0 Å². The minimum atomic E-state index is -0.119. The zero-order valence-electron chi connectivity index (χ0n) is 18.5. The lowest BCUT2D eigenvalue weighted by Crippen LogP contribution is -2.15. The van der Waals surface area contributed by atoms with Crippen molar-refractivity contribution in [3.63, 3.8) is 0 Å². The highest BCUT2D eigenvalue weighted by Gasteiger charge is 2.18. The van der Waals surface area contributed by atoms with Gasteiger partial charge in [0.25, 0.3) is 0 Å². The average molecular weight is 490 g/mol. The molecule has 2 heterocycles. The second kappa shape index (κ2) is 11.5. The Morgan fingerprint density at radius 2 is 1.82 bits per heavy atom. The van der Waals surface area contributed by atoms with Crippen LogP contribution in [0, 0.1) is 0 Å². The lowest BCUT2D eigenvalue weighted by atomic mass is 10.2. The van der Waals surface area contributed by atoms with Crippen molar-refractivity contribution < 1.29 is 9.53 Å². The molecule has 0 aliphatic carbocycles. The van der Waals surface area contributed by atoms with Crippen molar-refractivity contribution >= 4 is 35.1 Å². The van der Waals surface area contributed by atoms with Crippen molar-refractivity contribution in [1.29, 1.82) is 0 Å². The van der Waals surface area contributed by atoms with Crippen molar-refractivity contribution in [1.82, 2.24) is 19.7 Å². The van der Waals surface area contributed by atoms with Crippen LogP contribution in [0.15, 0.2) is 95.8 Å². The number of carbonyl (C=O) groups is 1. The number of pyridine rings is 1. The number of para-hydroxylation sites is 1. The van der Waals surface area contributed by atoms with Gasteiger partial charge in [0.1, 0.15) is 5.75 Å². The van der Waals surface area contributed by atoms with Gasteiger partial charge in [-0.25, -0.2) is 0 Å². The summed E-state index contributed by atoms with van der Waals surface area (Å²) in [4.78, 5) is 17.9. The first kappa shape index (κ1) is 23.6. The summed E-state index contributed by atoms with van der Waals surface area (Å²) in [5, 5.41) is 12.4. The predicted octanol–water partition coefficient (Wildman–Crippen LogP) is 5.35. The Bertz CT molecular complexity index is 1260.